The van der Waals surface area contributed by atoms with E-state index in [1.54, 1.807) is 61.8 Å². The number of thiophene rings is 1. The van der Waals surface area contributed by atoms with Gasteiger partial charge >= 0.3 is 0 Å². The number of amides is 1. The maximum Gasteiger partial charge on any atom is 0.259 e. The van der Waals surface area contributed by atoms with Crippen LogP contribution >= 0.6 is 11.3 Å². The third-order valence-corrected chi connectivity index (χ3v) is 3.67. The number of allylic oxidation sites excluding steroid dienone is 1. The van der Waals surface area contributed by atoms with Crippen LogP contribution in [-0.2, 0) is 4.79 Å². The average molecular weight is 315 g/mol. The molecular weight excluding hydrogens is 298 g/mol. The van der Waals surface area contributed by atoms with Crippen molar-refractivity contribution in [3.63, 3.8) is 0 Å². The molecule has 0 radical (unpaired) electrons. The average Bonchev–Trinajstić information content (AvgIpc) is 3.04. The Morgan fingerprint density at radius 2 is 1.91 bits per heavy atom. The first-order valence-corrected chi connectivity index (χ1v) is 7.68. The van der Waals surface area contributed by atoms with E-state index in [4.69, 9.17) is 4.74 Å². The minimum atomic E-state index is -0.112. The molecule has 0 unspecified atom stereocenters. The quantitative estimate of drug-likeness (QED) is 0.608. The molecule has 4 nitrogen and oxygen atoms in total. The highest BCUT2D eigenvalue weighted by atomic mass is 32.1. The molecule has 0 aliphatic heterocycles. The van der Waals surface area contributed by atoms with Crippen molar-refractivity contribution in [1.29, 1.82) is 0 Å². The molecule has 22 heavy (non-hydrogen) atoms. The zero-order valence-corrected chi connectivity index (χ0v) is 13.3. The molecule has 2 aromatic rings. The molecule has 0 aliphatic rings. The van der Waals surface area contributed by atoms with Crippen LogP contribution in [0.15, 0.2) is 47.2 Å². The van der Waals surface area contributed by atoms with Crippen LogP contribution in [0, 0.1) is 0 Å². The van der Waals surface area contributed by atoms with E-state index >= 15 is 0 Å². The van der Waals surface area contributed by atoms with E-state index in [-0.39, 0.29) is 18.3 Å². The molecule has 114 valence electrons. The van der Waals surface area contributed by atoms with Gasteiger partial charge in [0.2, 0.25) is 0 Å². The molecule has 1 aromatic carbocycles. The largest absolute Gasteiger partial charge is 0.484 e. The van der Waals surface area contributed by atoms with Crippen molar-refractivity contribution in [3.05, 3.63) is 58.3 Å². The lowest BCUT2D eigenvalue weighted by atomic mass is 10.1. The van der Waals surface area contributed by atoms with E-state index in [0.29, 0.717) is 11.3 Å². The molecule has 5 heteroatoms. The number of ether oxygens (including phenoxy) is 1. The summed E-state index contributed by atoms with van der Waals surface area (Å²) in [5.41, 5.74) is 1.60. The highest BCUT2D eigenvalue weighted by Crippen LogP contribution is 2.14. The number of carbonyl (C=O) groups excluding carboxylic acids is 2. The number of ketones is 1. The van der Waals surface area contributed by atoms with Crippen LogP contribution in [0.2, 0.25) is 0 Å². The van der Waals surface area contributed by atoms with Gasteiger partial charge in [0.15, 0.2) is 12.4 Å². The third-order valence-electron chi connectivity index (χ3n) is 2.97. The molecule has 0 atom stereocenters. The number of nitrogens with zero attached hydrogens (tertiary/aromatic N) is 1. The first kappa shape index (κ1) is 16.0. The predicted octanol–water partition coefficient (Wildman–Crippen LogP) is 3.11. The summed E-state index contributed by atoms with van der Waals surface area (Å²) < 4.78 is 5.36. The van der Waals surface area contributed by atoms with Crippen LogP contribution in [0.5, 0.6) is 5.75 Å². The lowest BCUT2D eigenvalue weighted by molar-refractivity contribution is -0.130. The van der Waals surface area contributed by atoms with Crippen molar-refractivity contribution in [1.82, 2.24) is 4.90 Å². The lowest BCUT2D eigenvalue weighted by Gasteiger charge is -2.11. The molecule has 2 rings (SSSR count). The topological polar surface area (TPSA) is 46.6 Å². The van der Waals surface area contributed by atoms with E-state index in [2.05, 4.69) is 0 Å². The van der Waals surface area contributed by atoms with Crippen LogP contribution < -0.4 is 4.74 Å². The van der Waals surface area contributed by atoms with Gasteiger partial charge < -0.3 is 9.64 Å². The van der Waals surface area contributed by atoms with Gasteiger partial charge in [-0.1, -0.05) is 6.08 Å². The Labute approximate surface area is 133 Å². The molecular formula is C17H17NO3S. The summed E-state index contributed by atoms with van der Waals surface area (Å²) in [6.07, 6.45) is 3.34. The molecule has 0 fully saturated rings. The normalized spacial score (nSPS) is 10.6. The molecule has 0 saturated heterocycles. The van der Waals surface area contributed by atoms with Crippen molar-refractivity contribution in [3.8, 4) is 5.75 Å². The fourth-order valence-electron chi connectivity index (χ4n) is 1.63. The van der Waals surface area contributed by atoms with Gasteiger partial charge in [0, 0.05) is 19.7 Å². The Morgan fingerprint density at radius 1 is 1.18 bits per heavy atom. The van der Waals surface area contributed by atoms with Crippen LogP contribution in [0.3, 0.4) is 0 Å². The zero-order chi connectivity index (χ0) is 15.9. The Morgan fingerprint density at radius 3 is 2.50 bits per heavy atom. The van der Waals surface area contributed by atoms with Gasteiger partial charge in [0.05, 0.1) is 0 Å². The van der Waals surface area contributed by atoms with Crippen molar-refractivity contribution in [2.24, 2.45) is 0 Å². The third kappa shape index (κ3) is 4.56. The summed E-state index contributed by atoms with van der Waals surface area (Å²) in [7, 11) is 3.35. The molecule has 1 heterocycles. The number of rotatable bonds is 6. The summed E-state index contributed by atoms with van der Waals surface area (Å²) in [5.74, 6) is 0.384. The molecule has 1 aromatic heterocycles. The van der Waals surface area contributed by atoms with Gasteiger partial charge in [0.1, 0.15) is 5.75 Å². The first-order valence-electron chi connectivity index (χ1n) is 6.74. The standard InChI is InChI=1S/C17H17NO3S/c1-18(2)17(20)11-21-15-6-4-14(5-7-15)16(19)8-3-13-9-10-22-12-13/h3-10,12H,11H2,1-2H3. The van der Waals surface area contributed by atoms with Crippen LogP contribution in [0.1, 0.15) is 15.9 Å². The molecule has 0 saturated carbocycles. The smallest absolute Gasteiger partial charge is 0.259 e. The Bertz CT molecular complexity index is 658. The number of carbonyl (C=O) groups is 2. The van der Waals surface area contributed by atoms with Crippen molar-refractivity contribution in [2.75, 3.05) is 20.7 Å². The maximum absolute atomic E-state index is 12.0. The van der Waals surface area contributed by atoms with Crippen LogP contribution in [0.25, 0.3) is 6.08 Å². The van der Waals surface area contributed by atoms with Crippen molar-refractivity contribution in [2.45, 2.75) is 0 Å². The first-order chi connectivity index (χ1) is 10.6. The summed E-state index contributed by atoms with van der Waals surface area (Å²) in [4.78, 5) is 24.9. The van der Waals surface area contributed by atoms with Crippen molar-refractivity contribution >= 4 is 29.1 Å². The number of hydrogen-bond acceptors (Lipinski definition) is 4. The Balaban J connectivity index is 1.93. The summed E-state index contributed by atoms with van der Waals surface area (Å²) in [6.45, 7) is -0.0155. The minimum absolute atomic E-state index is 0.0155. The van der Waals surface area contributed by atoms with Crippen LogP contribution in [0.4, 0.5) is 0 Å². The highest BCUT2D eigenvalue weighted by Gasteiger charge is 2.06. The second-order valence-electron chi connectivity index (χ2n) is 4.86. The fraction of sp³-hybridized carbons (Fsp3) is 0.176. The van der Waals surface area contributed by atoms with Gasteiger partial charge in [-0.3, -0.25) is 9.59 Å². The van der Waals surface area contributed by atoms with Crippen LogP contribution in [-0.4, -0.2) is 37.3 Å². The molecule has 1 amide bonds. The summed E-state index contributed by atoms with van der Waals surface area (Å²) >= 11 is 1.59. The fourth-order valence-corrected chi connectivity index (χ4v) is 2.26. The van der Waals surface area contributed by atoms with E-state index in [0.717, 1.165) is 5.56 Å². The van der Waals surface area contributed by atoms with Gasteiger partial charge in [-0.05, 0) is 52.7 Å². The van der Waals surface area contributed by atoms with E-state index in [1.807, 2.05) is 16.8 Å². The van der Waals surface area contributed by atoms with Gasteiger partial charge in [-0.15, -0.1) is 0 Å². The SMILES string of the molecule is CN(C)C(=O)COc1ccc(C(=O)C=Cc2ccsc2)cc1. The number of benzene rings is 1. The van der Waals surface area contributed by atoms with E-state index < -0.39 is 0 Å². The summed E-state index contributed by atoms with van der Waals surface area (Å²) in [6, 6.07) is 8.71. The van der Waals surface area contributed by atoms with Crippen molar-refractivity contribution < 1.29 is 14.3 Å². The molecule has 0 spiro atoms. The second-order valence-corrected chi connectivity index (χ2v) is 5.64. The Kier molecular flexibility index (Phi) is 5.49. The van der Waals surface area contributed by atoms with Gasteiger partial charge in [0.25, 0.3) is 5.91 Å². The summed E-state index contributed by atoms with van der Waals surface area (Å²) in [5, 5.41) is 3.94. The number of likely N-dealkylation sites (N-methyl/N-ethyl adjacent to an activating group) is 1. The molecule has 0 aliphatic carbocycles. The van der Waals surface area contributed by atoms with Gasteiger partial charge in [-0.25, -0.2) is 0 Å². The number of hydrogen-bond donors (Lipinski definition) is 0. The Hall–Kier alpha value is -2.40. The van der Waals surface area contributed by atoms with E-state index in [9.17, 15) is 9.59 Å². The monoisotopic (exact) mass is 315 g/mol. The molecule has 0 N–H and O–H groups in total. The zero-order valence-electron chi connectivity index (χ0n) is 12.5. The minimum Gasteiger partial charge on any atom is -0.484 e. The lowest BCUT2D eigenvalue weighted by Crippen LogP contribution is -2.27. The highest BCUT2D eigenvalue weighted by molar-refractivity contribution is 7.08. The predicted molar refractivity (Wildman–Crippen MR) is 88.3 cm³/mol. The van der Waals surface area contributed by atoms with Gasteiger partial charge in [-0.2, -0.15) is 11.3 Å². The second kappa shape index (κ2) is 7.56. The molecule has 0 bridgehead atoms. The maximum atomic E-state index is 12.0. The van der Waals surface area contributed by atoms with E-state index in [1.165, 1.54) is 4.90 Å².